The molecular weight excluding hydrogens is 374 g/mol. The van der Waals surface area contributed by atoms with Gasteiger partial charge in [0.05, 0.1) is 25.4 Å². The first-order chi connectivity index (χ1) is 14.7. The molecule has 1 N–H and O–H groups in total. The number of para-hydroxylation sites is 1. The van der Waals surface area contributed by atoms with E-state index in [1.807, 2.05) is 72.9 Å². The van der Waals surface area contributed by atoms with Crippen molar-refractivity contribution in [3.63, 3.8) is 0 Å². The summed E-state index contributed by atoms with van der Waals surface area (Å²) in [5.74, 6) is 0.722. The highest BCUT2D eigenvalue weighted by Crippen LogP contribution is 2.25. The standard InChI is InChI=1S/C25H23N3O2/c1-30-24-13-12-22(16-21(24)14-19-8-4-2-5-9-19)27-25(29)15-20-17-26-28(18-20)23-10-6-3-7-11-23/h2-13,16-18H,14-15H2,1H3,(H,27,29). The SMILES string of the molecule is COc1ccc(NC(=O)Cc2cnn(-c3ccccc3)c2)cc1Cc1ccccc1. The molecule has 4 rings (SSSR count). The maximum Gasteiger partial charge on any atom is 0.228 e. The summed E-state index contributed by atoms with van der Waals surface area (Å²) in [4.78, 5) is 12.6. The third-order valence-corrected chi connectivity index (χ3v) is 4.82. The molecule has 0 aliphatic carbocycles. The largest absolute Gasteiger partial charge is 0.496 e. The lowest BCUT2D eigenvalue weighted by Gasteiger charge is -2.12. The Bertz CT molecular complexity index is 1120. The lowest BCUT2D eigenvalue weighted by Crippen LogP contribution is -2.14. The van der Waals surface area contributed by atoms with Crippen molar-refractivity contribution in [3.8, 4) is 11.4 Å². The highest BCUT2D eigenvalue weighted by atomic mass is 16.5. The molecule has 150 valence electrons. The number of hydrogen-bond acceptors (Lipinski definition) is 3. The number of nitrogens with zero attached hydrogens (tertiary/aromatic N) is 2. The van der Waals surface area contributed by atoms with Crippen molar-refractivity contribution in [1.29, 1.82) is 0 Å². The fourth-order valence-corrected chi connectivity index (χ4v) is 3.37. The highest BCUT2D eigenvalue weighted by molar-refractivity contribution is 5.92. The molecule has 0 fully saturated rings. The number of anilines is 1. The predicted molar refractivity (Wildman–Crippen MR) is 118 cm³/mol. The minimum absolute atomic E-state index is 0.0848. The van der Waals surface area contributed by atoms with Gasteiger partial charge < -0.3 is 10.1 Å². The van der Waals surface area contributed by atoms with Crippen molar-refractivity contribution in [2.45, 2.75) is 12.8 Å². The number of nitrogens with one attached hydrogen (secondary N) is 1. The van der Waals surface area contributed by atoms with Gasteiger partial charge in [-0.1, -0.05) is 48.5 Å². The molecule has 0 aliphatic rings. The minimum atomic E-state index is -0.0848. The van der Waals surface area contributed by atoms with Crippen LogP contribution in [0.25, 0.3) is 5.69 Å². The summed E-state index contributed by atoms with van der Waals surface area (Å²) in [5.41, 5.74) is 4.78. The van der Waals surface area contributed by atoms with Crippen LogP contribution in [0.1, 0.15) is 16.7 Å². The molecule has 1 aromatic heterocycles. The van der Waals surface area contributed by atoms with Crippen molar-refractivity contribution in [3.05, 3.63) is 108 Å². The van der Waals surface area contributed by atoms with Gasteiger partial charge in [-0.3, -0.25) is 4.79 Å². The highest BCUT2D eigenvalue weighted by Gasteiger charge is 2.10. The van der Waals surface area contributed by atoms with Crippen molar-refractivity contribution in [2.75, 3.05) is 12.4 Å². The maximum atomic E-state index is 12.6. The first-order valence-corrected chi connectivity index (χ1v) is 9.81. The molecule has 0 bridgehead atoms. The number of hydrogen-bond donors (Lipinski definition) is 1. The molecule has 0 aliphatic heterocycles. The summed E-state index contributed by atoms with van der Waals surface area (Å²) in [6.45, 7) is 0. The topological polar surface area (TPSA) is 56.1 Å². The number of ether oxygens (including phenoxy) is 1. The van der Waals surface area contributed by atoms with E-state index in [-0.39, 0.29) is 12.3 Å². The second-order valence-electron chi connectivity index (χ2n) is 7.04. The van der Waals surface area contributed by atoms with Gasteiger partial charge in [-0.05, 0) is 41.5 Å². The molecule has 0 saturated heterocycles. The van der Waals surface area contributed by atoms with E-state index in [2.05, 4.69) is 22.5 Å². The van der Waals surface area contributed by atoms with Gasteiger partial charge >= 0.3 is 0 Å². The van der Waals surface area contributed by atoms with Crippen LogP contribution in [0.4, 0.5) is 5.69 Å². The predicted octanol–water partition coefficient (Wildman–Crippen LogP) is 4.65. The van der Waals surface area contributed by atoms with Crippen molar-refractivity contribution < 1.29 is 9.53 Å². The van der Waals surface area contributed by atoms with Crippen LogP contribution in [0.2, 0.25) is 0 Å². The summed E-state index contributed by atoms with van der Waals surface area (Å²) >= 11 is 0. The Labute approximate surface area is 175 Å². The second-order valence-corrected chi connectivity index (χ2v) is 7.04. The van der Waals surface area contributed by atoms with Crippen molar-refractivity contribution in [2.24, 2.45) is 0 Å². The van der Waals surface area contributed by atoms with E-state index < -0.39 is 0 Å². The Morgan fingerprint density at radius 3 is 2.43 bits per heavy atom. The van der Waals surface area contributed by atoms with E-state index in [9.17, 15) is 4.79 Å². The monoisotopic (exact) mass is 397 g/mol. The molecule has 4 aromatic rings. The minimum Gasteiger partial charge on any atom is -0.496 e. The van der Waals surface area contributed by atoms with Gasteiger partial charge in [0, 0.05) is 23.9 Å². The Morgan fingerprint density at radius 2 is 1.70 bits per heavy atom. The van der Waals surface area contributed by atoms with Crippen LogP contribution >= 0.6 is 0 Å². The molecule has 0 radical (unpaired) electrons. The van der Waals surface area contributed by atoms with E-state index in [1.165, 1.54) is 5.56 Å². The maximum absolute atomic E-state index is 12.6. The zero-order chi connectivity index (χ0) is 20.8. The van der Waals surface area contributed by atoms with Crippen LogP contribution in [0.5, 0.6) is 5.75 Å². The van der Waals surface area contributed by atoms with E-state index in [0.29, 0.717) is 0 Å². The quantitative estimate of drug-likeness (QED) is 0.494. The van der Waals surface area contributed by atoms with E-state index >= 15 is 0 Å². The van der Waals surface area contributed by atoms with Crippen LogP contribution in [0.3, 0.4) is 0 Å². The fourth-order valence-electron chi connectivity index (χ4n) is 3.37. The van der Waals surface area contributed by atoms with E-state index in [0.717, 1.165) is 34.7 Å². The van der Waals surface area contributed by atoms with Crippen LogP contribution in [-0.4, -0.2) is 22.8 Å². The molecule has 1 amide bonds. The first-order valence-electron chi connectivity index (χ1n) is 9.81. The summed E-state index contributed by atoms with van der Waals surface area (Å²) in [5, 5.41) is 7.34. The molecule has 3 aromatic carbocycles. The lowest BCUT2D eigenvalue weighted by molar-refractivity contribution is -0.115. The van der Waals surface area contributed by atoms with Gasteiger partial charge in [0.25, 0.3) is 0 Å². The Kier molecular flexibility index (Phi) is 5.90. The normalized spacial score (nSPS) is 10.6. The van der Waals surface area contributed by atoms with Gasteiger partial charge in [-0.2, -0.15) is 5.10 Å². The third-order valence-electron chi connectivity index (χ3n) is 4.82. The first kappa shape index (κ1) is 19.5. The van der Waals surface area contributed by atoms with E-state index in [1.54, 1.807) is 18.0 Å². The second kappa shape index (κ2) is 9.09. The average molecular weight is 397 g/mol. The number of methoxy groups -OCH3 is 1. The average Bonchev–Trinajstić information content (AvgIpc) is 3.24. The van der Waals surface area contributed by atoms with Gasteiger partial charge in [0.1, 0.15) is 5.75 Å². The van der Waals surface area contributed by atoms with Crippen LogP contribution in [0.15, 0.2) is 91.3 Å². The van der Waals surface area contributed by atoms with Gasteiger partial charge in [0.15, 0.2) is 0 Å². The molecule has 0 atom stereocenters. The van der Waals surface area contributed by atoms with Crippen molar-refractivity contribution >= 4 is 11.6 Å². The Balaban J connectivity index is 1.44. The summed E-state index contributed by atoms with van der Waals surface area (Å²) in [7, 11) is 1.66. The Hall–Kier alpha value is -3.86. The third kappa shape index (κ3) is 4.75. The van der Waals surface area contributed by atoms with Crippen LogP contribution in [0, 0.1) is 0 Å². The van der Waals surface area contributed by atoms with Crippen molar-refractivity contribution in [1.82, 2.24) is 9.78 Å². The number of amides is 1. The zero-order valence-electron chi connectivity index (χ0n) is 16.8. The summed E-state index contributed by atoms with van der Waals surface area (Å²) in [6, 6.07) is 25.7. The van der Waals surface area contributed by atoms with Gasteiger partial charge in [0.2, 0.25) is 5.91 Å². The zero-order valence-corrected chi connectivity index (χ0v) is 16.8. The number of aromatic nitrogens is 2. The molecule has 5 nitrogen and oxygen atoms in total. The molecule has 30 heavy (non-hydrogen) atoms. The number of carbonyl (C=O) groups is 1. The molecule has 0 spiro atoms. The molecule has 5 heteroatoms. The number of benzene rings is 3. The molecule has 0 saturated carbocycles. The van der Waals surface area contributed by atoms with Crippen LogP contribution in [-0.2, 0) is 17.6 Å². The Morgan fingerprint density at radius 1 is 0.967 bits per heavy atom. The van der Waals surface area contributed by atoms with Gasteiger partial charge in [-0.15, -0.1) is 0 Å². The smallest absolute Gasteiger partial charge is 0.228 e. The number of carbonyl (C=O) groups excluding carboxylic acids is 1. The molecule has 1 heterocycles. The number of rotatable bonds is 7. The van der Waals surface area contributed by atoms with Gasteiger partial charge in [-0.25, -0.2) is 4.68 Å². The molecule has 0 unspecified atom stereocenters. The fraction of sp³-hybridized carbons (Fsp3) is 0.120. The summed E-state index contributed by atoms with van der Waals surface area (Å²) < 4.78 is 7.27. The van der Waals surface area contributed by atoms with E-state index in [4.69, 9.17) is 4.74 Å². The summed E-state index contributed by atoms with van der Waals surface area (Å²) in [6.07, 6.45) is 4.59. The van der Waals surface area contributed by atoms with Crippen LogP contribution < -0.4 is 10.1 Å². The lowest BCUT2D eigenvalue weighted by atomic mass is 10.0. The molecular formula is C25H23N3O2.